The Hall–Kier alpha value is -2.43. The third kappa shape index (κ3) is 1.79. The van der Waals surface area contributed by atoms with Gasteiger partial charge in [0.1, 0.15) is 5.69 Å². The van der Waals surface area contributed by atoms with E-state index in [-0.39, 0.29) is 12.5 Å². The fraction of sp³-hybridized carbons (Fsp3) is 0.154. The average Bonchev–Trinajstić information content (AvgIpc) is 2.96. The first-order valence-corrected chi connectivity index (χ1v) is 5.51. The summed E-state index contributed by atoms with van der Waals surface area (Å²) in [6.45, 7) is 0.730. The van der Waals surface area contributed by atoms with Crippen LogP contribution in [0.4, 0.5) is 0 Å². The van der Waals surface area contributed by atoms with Crippen molar-refractivity contribution < 1.29 is 19.4 Å². The molecule has 18 heavy (non-hydrogen) atoms. The summed E-state index contributed by atoms with van der Waals surface area (Å²) in [4.78, 5) is 11.0. The van der Waals surface area contributed by atoms with Gasteiger partial charge in [-0.2, -0.15) is 0 Å². The minimum atomic E-state index is -0.930. The lowest BCUT2D eigenvalue weighted by molar-refractivity contribution is 0.0685. The number of carboxylic acids is 1. The normalized spacial score (nSPS) is 12.7. The molecule has 2 aromatic rings. The zero-order valence-electron chi connectivity index (χ0n) is 9.50. The topological polar surface area (TPSA) is 60.7 Å². The van der Waals surface area contributed by atoms with Gasteiger partial charge in [-0.15, -0.1) is 0 Å². The predicted octanol–water partition coefficient (Wildman–Crippen LogP) is 1.96. The van der Waals surface area contributed by atoms with Crippen LogP contribution in [0.25, 0.3) is 0 Å². The van der Waals surface area contributed by atoms with E-state index in [4.69, 9.17) is 14.6 Å². The van der Waals surface area contributed by atoms with Gasteiger partial charge < -0.3 is 19.1 Å². The monoisotopic (exact) mass is 245 g/mol. The average molecular weight is 245 g/mol. The third-order valence-corrected chi connectivity index (χ3v) is 2.84. The second-order valence-electron chi connectivity index (χ2n) is 4.01. The number of hydrogen-bond acceptors (Lipinski definition) is 3. The molecule has 0 saturated carbocycles. The van der Waals surface area contributed by atoms with Crippen molar-refractivity contribution in [2.75, 3.05) is 6.79 Å². The van der Waals surface area contributed by atoms with E-state index in [1.165, 1.54) is 0 Å². The van der Waals surface area contributed by atoms with Crippen molar-refractivity contribution in [3.8, 4) is 11.5 Å². The zero-order chi connectivity index (χ0) is 12.5. The van der Waals surface area contributed by atoms with E-state index in [1.54, 1.807) is 22.9 Å². The molecule has 0 saturated heterocycles. The minimum Gasteiger partial charge on any atom is -0.477 e. The SMILES string of the molecule is O=C(O)c1cccn1Cc1ccc2c(c1)OCO2. The molecule has 1 aromatic heterocycles. The van der Waals surface area contributed by atoms with Crippen LogP contribution in [-0.2, 0) is 6.54 Å². The molecule has 92 valence electrons. The Morgan fingerprint density at radius 1 is 1.28 bits per heavy atom. The highest BCUT2D eigenvalue weighted by Gasteiger charge is 2.14. The van der Waals surface area contributed by atoms with Crippen molar-refractivity contribution in [3.63, 3.8) is 0 Å². The maximum absolute atomic E-state index is 11.0. The number of fused-ring (bicyclic) bond motifs is 1. The number of aromatic nitrogens is 1. The maximum atomic E-state index is 11.0. The van der Waals surface area contributed by atoms with Gasteiger partial charge in [-0.05, 0) is 29.8 Å². The lowest BCUT2D eigenvalue weighted by Crippen LogP contribution is -2.08. The first-order chi connectivity index (χ1) is 8.74. The Kier molecular flexibility index (Phi) is 2.44. The van der Waals surface area contributed by atoms with Crippen molar-refractivity contribution >= 4 is 5.97 Å². The second-order valence-corrected chi connectivity index (χ2v) is 4.01. The standard InChI is InChI=1S/C13H11NO4/c15-13(16)10-2-1-5-14(10)7-9-3-4-11-12(6-9)18-8-17-11/h1-6H,7-8H2,(H,15,16). The van der Waals surface area contributed by atoms with Crippen LogP contribution in [0.1, 0.15) is 16.1 Å². The number of rotatable bonds is 3. The molecule has 0 unspecified atom stereocenters. The summed E-state index contributed by atoms with van der Waals surface area (Å²) < 4.78 is 12.2. The van der Waals surface area contributed by atoms with Gasteiger partial charge in [-0.25, -0.2) is 4.79 Å². The number of hydrogen-bond donors (Lipinski definition) is 1. The minimum absolute atomic E-state index is 0.239. The van der Waals surface area contributed by atoms with E-state index in [1.807, 2.05) is 18.2 Å². The number of carboxylic acid groups (broad SMARTS) is 1. The molecule has 0 radical (unpaired) electrons. The van der Waals surface area contributed by atoms with Crippen LogP contribution in [0.3, 0.4) is 0 Å². The number of nitrogens with zero attached hydrogens (tertiary/aromatic N) is 1. The molecule has 1 N–H and O–H groups in total. The molecule has 0 spiro atoms. The van der Waals surface area contributed by atoms with Crippen molar-refractivity contribution in [1.29, 1.82) is 0 Å². The van der Waals surface area contributed by atoms with Crippen molar-refractivity contribution in [2.45, 2.75) is 6.54 Å². The van der Waals surface area contributed by atoms with Crippen LogP contribution in [0.5, 0.6) is 11.5 Å². The Labute approximate surface area is 103 Å². The van der Waals surface area contributed by atoms with E-state index >= 15 is 0 Å². The number of ether oxygens (including phenoxy) is 2. The van der Waals surface area contributed by atoms with E-state index < -0.39 is 5.97 Å². The molecule has 5 nitrogen and oxygen atoms in total. The molecule has 1 aliphatic heterocycles. The van der Waals surface area contributed by atoms with Gasteiger partial charge in [-0.3, -0.25) is 0 Å². The van der Waals surface area contributed by atoms with Gasteiger partial charge in [0.05, 0.1) is 0 Å². The Balaban J connectivity index is 1.88. The molecule has 5 heteroatoms. The van der Waals surface area contributed by atoms with E-state index in [0.29, 0.717) is 12.3 Å². The molecule has 0 fully saturated rings. The Bertz CT molecular complexity index is 603. The van der Waals surface area contributed by atoms with Crippen LogP contribution in [0.15, 0.2) is 36.5 Å². The van der Waals surface area contributed by atoms with E-state index in [0.717, 1.165) is 11.3 Å². The smallest absolute Gasteiger partial charge is 0.352 e. The molecule has 3 rings (SSSR count). The molecule has 0 bridgehead atoms. The summed E-state index contributed by atoms with van der Waals surface area (Å²) in [5.41, 5.74) is 1.24. The lowest BCUT2D eigenvalue weighted by atomic mass is 10.2. The van der Waals surface area contributed by atoms with Crippen LogP contribution >= 0.6 is 0 Å². The summed E-state index contributed by atoms with van der Waals surface area (Å²) >= 11 is 0. The van der Waals surface area contributed by atoms with Crippen LogP contribution in [0.2, 0.25) is 0 Å². The number of carbonyl (C=O) groups is 1. The van der Waals surface area contributed by atoms with Crippen molar-refractivity contribution in [1.82, 2.24) is 4.57 Å². The van der Waals surface area contributed by atoms with Crippen LogP contribution < -0.4 is 9.47 Å². The molecular weight excluding hydrogens is 234 g/mol. The van der Waals surface area contributed by atoms with Crippen LogP contribution in [0, 0.1) is 0 Å². The first kappa shape index (κ1) is 10.7. The lowest BCUT2D eigenvalue weighted by Gasteiger charge is -2.07. The third-order valence-electron chi connectivity index (χ3n) is 2.84. The van der Waals surface area contributed by atoms with Crippen LogP contribution in [-0.4, -0.2) is 22.4 Å². The van der Waals surface area contributed by atoms with E-state index in [2.05, 4.69) is 0 Å². The fourth-order valence-electron chi connectivity index (χ4n) is 1.98. The highest BCUT2D eigenvalue weighted by molar-refractivity contribution is 5.85. The fourth-order valence-corrected chi connectivity index (χ4v) is 1.98. The number of aromatic carboxylic acids is 1. The summed E-state index contributed by atoms with van der Waals surface area (Å²) in [7, 11) is 0. The highest BCUT2D eigenvalue weighted by Crippen LogP contribution is 2.32. The quantitative estimate of drug-likeness (QED) is 0.898. The highest BCUT2D eigenvalue weighted by atomic mass is 16.7. The summed E-state index contributed by atoms with van der Waals surface area (Å²) in [6.07, 6.45) is 1.74. The summed E-state index contributed by atoms with van der Waals surface area (Å²) in [5, 5.41) is 9.02. The second kappa shape index (κ2) is 4.10. The van der Waals surface area contributed by atoms with Crippen molar-refractivity contribution in [2.24, 2.45) is 0 Å². The number of benzene rings is 1. The molecule has 2 heterocycles. The van der Waals surface area contributed by atoms with Gasteiger partial charge in [0, 0.05) is 12.7 Å². The van der Waals surface area contributed by atoms with E-state index in [9.17, 15) is 4.79 Å². The van der Waals surface area contributed by atoms with Gasteiger partial charge in [0.2, 0.25) is 6.79 Å². The molecule has 1 aromatic carbocycles. The first-order valence-electron chi connectivity index (χ1n) is 5.51. The molecular formula is C13H11NO4. The largest absolute Gasteiger partial charge is 0.477 e. The summed E-state index contributed by atoms with van der Waals surface area (Å²) in [6, 6.07) is 8.90. The molecule has 1 aliphatic rings. The van der Waals surface area contributed by atoms with Gasteiger partial charge in [0.15, 0.2) is 11.5 Å². The molecule has 0 atom stereocenters. The van der Waals surface area contributed by atoms with Gasteiger partial charge in [0.25, 0.3) is 0 Å². The van der Waals surface area contributed by atoms with Gasteiger partial charge >= 0.3 is 5.97 Å². The maximum Gasteiger partial charge on any atom is 0.352 e. The molecule has 0 aliphatic carbocycles. The Morgan fingerprint density at radius 3 is 2.94 bits per heavy atom. The van der Waals surface area contributed by atoms with Gasteiger partial charge in [-0.1, -0.05) is 6.07 Å². The molecule has 0 amide bonds. The zero-order valence-corrected chi connectivity index (χ0v) is 9.50. The summed E-state index contributed by atoms with van der Waals surface area (Å²) in [5.74, 6) is 0.502. The van der Waals surface area contributed by atoms with Crippen molar-refractivity contribution in [3.05, 3.63) is 47.8 Å². The predicted molar refractivity (Wildman–Crippen MR) is 63.1 cm³/mol. The Morgan fingerprint density at radius 2 is 2.11 bits per heavy atom.